The van der Waals surface area contributed by atoms with Crippen molar-refractivity contribution in [3.63, 3.8) is 0 Å². The highest BCUT2D eigenvalue weighted by molar-refractivity contribution is 5.95. The molecule has 0 atom stereocenters. The Kier molecular flexibility index (Phi) is 5.57. The lowest BCUT2D eigenvalue weighted by Gasteiger charge is -2.21. The Bertz CT molecular complexity index is 751. The first-order chi connectivity index (χ1) is 11.4. The number of nitrogens with zero attached hydrogens (tertiary/aromatic N) is 1. The highest BCUT2D eigenvalue weighted by Gasteiger charge is 2.19. The summed E-state index contributed by atoms with van der Waals surface area (Å²) in [5, 5.41) is 2.38. The average molecular weight is 336 g/mol. The fourth-order valence-corrected chi connectivity index (χ4v) is 2.15. The van der Waals surface area contributed by atoms with Gasteiger partial charge in [-0.05, 0) is 24.3 Å². The van der Waals surface area contributed by atoms with E-state index in [1.165, 1.54) is 11.8 Å². The molecule has 0 aliphatic carbocycles. The Hall–Kier alpha value is -2.83. The summed E-state index contributed by atoms with van der Waals surface area (Å²) in [6.45, 7) is 1.55. The Labute approximate surface area is 136 Å². The monoisotopic (exact) mass is 336 g/mol. The van der Waals surface area contributed by atoms with Gasteiger partial charge in [-0.2, -0.15) is 0 Å². The first-order valence-electron chi connectivity index (χ1n) is 7.16. The van der Waals surface area contributed by atoms with E-state index in [1.54, 1.807) is 30.3 Å². The lowest BCUT2D eigenvalue weighted by atomic mass is 10.2. The highest BCUT2D eigenvalue weighted by Crippen LogP contribution is 2.15. The number of carbonyl (C=O) groups excluding carboxylic acids is 2. The smallest absolute Gasteiger partial charge is 0.254 e. The topological polar surface area (TPSA) is 49.4 Å². The molecule has 126 valence electrons. The molecule has 0 bridgehead atoms. The summed E-state index contributed by atoms with van der Waals surface area (Å²) in [6.07, 6.45) is 0. The van der Waals surface area contributed by atoms with E-state index in [2.05, 4.69) is 5.32 Å². The minimum Gasteiger partial charge on any atom is -0.350 e. The number of amides is 2. The van der Waals surface area contributed by atoms with Gasteiger partial charge in [0.1, 0.15) is 0 Å². The van der Waals surface area contributed by atoms with Crippen LogP contribution in [-0.2, 0) is 4.79 Å². The molecule has 0 unspecified atom stereocenters. The predicted molar refractivity (Wildman–Crippen MR) is 83.1 cm³/mol. The third-order valence-electron chi connectivity index (χ3n) is 3.35. The fraction of sp³-hybridized carbons (Fsp3) is 0.176. The van der Waals surface area contributed by atoms with Crippen molar-refractivity contribution in [1.29, 1.82) is 0 Å². The zero-order chi connectivity index (χ0) is 17.7. The molecule has 7 heteroatoms. The summed E-state index contributed by atoms with van der Waals surface area (Å²) in [5.41, 5.74) is 0.0567. The molecule has 0 aliphatic heterocycles. The van der Waals surface area contributed by atoms with Crippen LogP contribution in [0.1, 0.15) is 17.3 Å². The van der Waals surface area contributed by atoms with Gasteiger partial charge < -0.3 is 10.2 Å². The molecule has 2 amide bonds. The number of nitrogens with one attached hydrogen (secondary N) is 1. The normalized spacial score (nSPS) is 10.3. The van der Waals surface area contributed by atoms with Gasteiger partial charge in [0.15, 0.2) is 17.5 Å². The largest absolute Gasteiger partial charge is 0.350 e. The van der Waals surface area contributed by atoms with Gasteiger partial charge in [-0.15, -0.1) is 0 Å². The maximum absolute atomic E-state index is 13.6. The maximum atomic E-state index is 13.6. The second kappa shape index (κ2) is 7.63. The molecule has 0 heterocycles. The minimum absolute atomic E-state index is 0.0196. The van der Waals surface area contributed by atoms with Crippen molar-refractivity contribution in [3.05, 3.63) is 65.5 Å². The molecule has 0 aliphatic rings. The Balaban J connectivity index is 2.01. The van der Waals surface area contributed by atoms with E-state index in [-0.39, 0.29) is 19.0 Å². The SMILES string of the molecule is CC(=O)N(CCNC(=O)c1ccc(F)c(F)c1F)c1ccccc1. The molecule has 0 aromatic heterocycles. The van der Waals surface area contributed by atoms with Crippen LogP contribution in [0.5, 0.6) is 0 Å². The summed E-state index contributed by atoms with van der Waals surface area (Å²) < 4.78 is 39.6. The molecule has 0 radical (unpaired) electrons. The zero-order valence-electron chi connectivity index (χ0n) is 12.9. The average Bonchev–Trinajstić information content (AvgIpc) is 2.57. The van der Waals surface area contributed by atoms with Crippen LogP contribution in [0.3, 0.4) is 0 Å². The van der Waals surface area contributed by atoms with Crippen molar-refractivity contribution < 1.29 is 22.8 Å². The molecule has 24 heavy (non-hydrogen) atoms. The van der Waals surface area contributed by atoms with Crippen LogP contribution in [0.15, 0.2) is 42.5 Å². The first-order valence-corrected chi connectivity index (χ1v) is 7.16. The van der Waals surface area contributed by atoms with Crippen LogP contribution < -0.4 is 10.2 Å². The van der Waals surface area contributed by atoms with Crippen LogP contribution in [0.4, 0.5) is 18.9 Å². The number of benzene rings is 2. The molecular formula is C17H15F3N2O2. The predicted octanol–water partition coefficient (Wildman–Crippen LogP) is 2.89. The molecule has 2 rings (SSSR count). The number of halogens is 3. The van der Waals surface area contributed by atoms with E-state index >= 15 is 0 Å². The molecule has 0 fully saturated rings. The van der Waals surface area contributed by atoms with Crippen molar-refractivity contribution >= 4 is 17.5 Å². The van der Waals surface area contributed by atoms with Gasteiger partial charge in [-0.25, -0.2) is 13.2 Å². The fourth-order valence-electron chi connectivity index (χ4n) is 2.15. The minimum atomic E-state index is -1.70. The van der Waals surface area contributed by atoms with Crippen LogP contribution in [0, 0.1) is 17.5 Å². The summed E-state index contributed by atoms with van der Waals surface area (Å²) in [5.74, 6) is -5.72. The summed E-state index contributed by atoms with van der Waals surface area (Å²) in [4.78, 5) is 25.0. The van der Waals surface area contributed by atoms with Gasteiger partial charge in [0, 0.05) is 25.7 Å². The molecule has 0 spiro atoms. The summed E-state index contributed by atoms with van der Waals surface area (Å²) in [6, 6.07) is 10.3. The molecule has 1 N–H and O–H groups in total. The van der Waals surface area contributed by atoms with Gasteiger partial charge in [0.25, 0.3) is 5.91 Å². The Morgan fingerprint density at radius 3 is 2.29 bits per heavy atom. The number of carbonyl (C=O) groups is 2. The number of hydrogen-bond acceptors (Lipinski definition) is 2. The summed E-state index contributed by atoms with van der Waals surface area (Å²) >= 11 is 0. The van der Waals surface area contributed by atoms with E-state index in [0.717, 1.165) is 6.07 Å². The lowest BCUT2D eigenvalue weighted by molar-refractivity contribution is -0.116. The highest BCUT2D eigenvalue weighted by atomic mass is 19.2. The first kappa shape index (κ1) is 17.5. The van der Waals surface area contributed by atoms with Crippen LogP contribution in [0.2, 0.25) is 0 Å². The van der Waals surface area contributed by atoms with E-state index < -0.39 is 28.9 Å². The van der Waals surface area contributed by atoms with Crippen LogP contribution in [0.25, 0.3) is 0 Å². The van der Waals surface area contributed by atoms with E-state index in [1.807, 2.05) is 0 Å². The van der Waals surface area contributed by atoms with Crippen LogP contribution >= 0.6 is 0 Å². The van der Waals surface area contributed by atoms with Crippen molar-refractivity contribution in [1.82, 2.24) is 5.32 Å². The third-order valence-corrected chi connectivity index (χ3v) is 3.35. The van der Waals surface area contributed by atoms with Crippen LogP contribution in [-0.4, -0.2) is 24.9 Å². The lowest BCUT2D eigenvalue weighted by Crippen LogP contribution is -2.37. The molecule has 2 aromatic rings. The quantitative estimate of drug-likeness (QED) is 0.854. The zero-order valence-corrected chi connectivity index (χ0v) is 12.9. The number of hydrogen-bond donors (Lipinski definition) is 1. The molecule has 0 saturated heterocycles. The second-order valence-corrected chi connectivity index (χ2v) is 4.99. The third kappa shape index (κ3) is 3.92. The van der Waals surface area contributed by atoms with Crippen molar-refractivity contribution in [2.45, 2.75) is 6.92 Å². The summed E-state index contributed by atoms with van der Waals surface area (Å²) in [7, 11) is 0. The Morgan fingerprint density at radius 2 is 1.67 bits per heavy atom. The Morgan fingerprint density at radius 1 is 1.00 bits per heavy atom. The second-order valence-electron chi connectivity index (χ2n) is 4.99. The van der Waals surface area contributed by atoms with E-state index in [4.69, 9.17) is 0 Å². The van der Waals surface area contributed by atoms with Gasteiger partial charge in [-0.1, -0.05) is 18.2 Å². The van der Waals surface area contributed by atoms with Gasteiger partial charge in [0.05, 0.1) is 5.56 Å². The number of para-hydroxylation sites is 1. The maximum Gasteiger partial charge on any atom is 0.254 e. The molecule has 4 nitrogen and oxygen atoms in total. The molecule has 2 aromatic carbocycles. The standard InChI is InChI=1S/C17H15F3N2O2/c1-11(23)22(12-5-3-2-4-6-12)10-9-21-17(24)13-7-8-14(18)16(20)15(13)19/h2-8H,9-10H2,1H3,(H,21,24). The van der Waals surface area contributed by atoms with Gasteiger partial charge in [0.2, 0.25) is 5.91 Å². The number of anilines is 1. The van der Waals surface area contributed by atoms with E-state index in [0.29, 0.717) is 11.8 Å². The van der Waals surface area contributed by atoms with Crippen molar-refractivity contribution in [2.75, 3.05) is 18.0 Å². The van der Waals surface area contributed by atoms with Gasteiger partial charge in [-0.3, -0.25) is 9.59 Å². The van der Waals surface area contributed by atoms with Crippen molar-refractivity contribution in [3.8, 4) is 0 Å². The molecular weight excluding hydrogens is 321 g/mol. The number of rotatable bonds is 5. The van der Waals surface area contributed by atoms with Crippen molar-refractivity contribution in [2.24, 2.45) is 0 Å². The van der Waals surface area contributed by atoms with Gasteiger partial charge >= 0.3 is 0 Å². The molecule has 0 saturated carbocycles. The van der Waals surface area contributed by atoms with E-state index in [9.17, 15) is 22.8 Å².